The predicted molar refractivity (Wildman–Crippen MR) is 72.9 cm³/mol. The maximum Gasteiger partial charge on any atom is 0.129 e. The highest BCUT2D eigenvalue weighted by atomic mass is 19.1. The average Bonchev–Trinajstić information content (AvgIpc) is 2.41. The van der Waals surface area contributed by atoms with E-state index < -0.39 is 11.9 Å². The summed E-state index contributed by atoms with van der Waals surface area (Å²) in [5, 5.41) is 10.4. The largest absolute Gasteiger partial charge is 0.496 e. The molecule has 2 aromatic rings. The summed E-state index contributed by atoms with van der Waals surface area (Å²) in [5.74, 6) is 0.186. The van der Waals surface area contributed by atoms with Crippen LogP contribution in [0.2, 0.25) is 0 Å². The lowest BCUT2D eigenvalue weighted by molar-refractivity contribution is 0.209. The number of hydrogen-bond acceptors (Lipinski definition) is 2. The Morgan fingerprint density at radius 2 is 1.74 bits per heavy atom. The summed E-state index contributed by atoms with van der Waals surface area (Å²) < 4.78 is 19.1. The zero-order chi connectivity index (χ0) is 14.0. The fraction of sp³-hybridized carbons (Fsp3) is 0.250. The van der Waals surface area contributed by atoms with Crippen molar-refractivity contribution in [2.75, 3.05) is 7.11 Å². The van der Waals surface area contributed by atoms with Crippen LogP contribution in [0.15, 0.2) is 36.4 Å². The molecule has 0 fully saturated rings. The summed E-state index contributed by atoms with van der Waals surface area (Å²) in [4.78, 5) is 0. The minimum atomic E-state index is -1.03. The van der Waals surface area contributed by atoms with Crippen LogP contribution in [-0.2, 0) is 0 Å². The number of ether oxygens (including phenoxy) is 1. The molecule has 0 aromatic heterocycles. The van der Waals surface area contributed by atoms with Crippen LogP contribution in [0.5, 0.6) is 5.75 Å². The molecular weight excluding hydrogens is 243 g/mol. The third kappa shape index (κ3) is 2.47. The van der Waals surface area contributed by atoms with E-state index in [1.807, 2.05) is 19.9 Å². The normalized spacial score (nSPS) is 12.3. The second-order valence-electron chi connectivity index (χ2n) is 4.55. The highest BCUT2D eigenvalue weighted by Gasteiger charge is 2.20. The highest BCUT2D eigenvalue weighted by molar-refractivity contribution is 5.48. The van der Waals surface area contributed by atoms with Crippen molar-refractivity contribution >= 4 is 0 Å². The second-order valence-corrected chi connectivity index (χ2v) is 4.55. The van der Waals surface area contributed by atoms with Gasteiger partial charge in [0.15, 0.2) is 0 Å². The molecule has 1 atom stereocenters. The van der Waals surface area contributed by atoms with Gasteiger partial charge in [-0.2, -0.15) is 0 Å². The summed E-state index contributed by atoms with van der Waals surface area (Å²) in [6.45, 7) is 3.89. The highest BCUT2D eigenvalue weighted by Crippen LogP contribution is 2.34. The molecule has 2 rings (SSSR count). The molecule has 0 bridgehead atoms. The van der Waals surface area contributed by atoms with Crippen LogP contribution < -0.4 is 4.74 Å². The zero-order valence-electron chi connectivity index (χ0n) is 11.3. The van der Waals surface area contributed by atoms with Crippen LogP contribution in [-0.4, -0.2) is 12.2 Å². The first-order chi connectivity index (χ1) is 9.06. The Morgan fingerprint density at radius 1 is 1.05 bits per heavy atom. The lowest BCUT2D eigenvalue weighted by atomic mass is 9.96. The van der Waals surface area contributed by atoms with Gasteiger partial charge in [0.1, 0.15) is 17.7 Å². The number of aliphatic hydroxyl groups excluding tert-OH is 1. The molecule has 0 radical (unpaired) electrons. The second kappa shape index (κ2) is 5.41. The Hall–Kier alpha value is -1.87. The van der Waals surface area contributed by atoms with Gasteiger partial charge in [-0.25, -0.2) is 4.39 Å². The fourth-order valence-electron chi connectivity index (χ4n) is 2.16. The molecule has 3 heteroatoms. The average molecular weight is 260 g/mol. The molecule has 0 saturated carbocycles. The van der Waals surface area contributed by atoms with E-state index in [-0.39, 0.29) is 5.56 Å². The maximum absolute atomic E-state index is 13.7. The van der Waals surface area contributed by atoms with Crippen molar-refractivity contribution < 1.29 is 14.2 Å². The Bertz CT molecular complexity index is 593. The minimum Gasteiger partial charge on any atom is -0.496 e. The Balaban J connectivity index is 2.53. The molecule has 19 heavy (non-hydrogen) atoms. The van der Waals surface area contributed by atoms with Gasteiger partial charge >= 0.3 is 0 Å². The van der Waals surface area contributed by atoms with Gasteiger partial charge in [-0.1, -0.05) is 30.3 Å². The first kappa shape index (κ1) is 13.6. The van der Waals surface area contributed by atoms with Gasteiger partial charge in [0.2, 0.25) is 0 Å². The van der Waals surface area contributed by atoms with E-state index in [1.165, 1.54) is 6.07 Å². The molecule has 2 nitrogen and oxygen atoms in total. The van der Waals surface area contributed by atoms with Crippen LogP contribution >= 0.6 is 0 Å². The first-order valence-electron chi connectivity index (χ1n) is 6.12. The summed E-state index contributed by atoms with van der Waals surface area (Å²) in [5.41, 5.74) is 2.86. The van der Waals surface area contributed by atoms with E-state index in [0.717, 1.165) is 11.1 Å². The standard InChI is InChI=1S/C16H17FO2/c1-10-8-9-13(16(19-3)11(10)2)15(18)12-6-4-5-7-14(12)17/h4-9,15,18H,1-3H3. The van der Waals surface area contributed by atoms with Crippen molar-refractivity contribution in [3.8, 4) is 5.75 Å². The van der Waals surface area contributed by atoms with E-state index in [9.17, 15) is 9.50 Å². The van der Waals surface area contributed by atoms with Gasteiger partial charge in [0.05, 0.1) is 7.11 Å². The Kier molecular flexibility index (Phi) is 3.86. The number of hydrogen-bond donors (Lipinski definition) is 1. The summed E-state index contributed by atoms with van der Waals surface area (Å²) in [6, 6.07) is 9.90. The van der Waals surface area contributed by atoms with E-state index in [4.69, 9.17) is 4.74 Å². The summed E-state index contributed by atoms with van der Waals surface area (Å²) in [6.07, 6.45) is -1.03. The number of aryl methyl sites for hydroxylation is 1. The lowest BCUT2D eigenvalue weighted by Gasteiger charge is -2.18. The molecule has 2 aromatic carbocycles. The summed E-state index contributed by atoms with van der Waals surface area (Å²) >= 11 is 0. The van der Waals surface area contributed by atoms with Gasteiger partial charge in [-0.05, 0) is 31.0 Å². The van der Waals surface area contributed by atoms with Crippen LogP contribution in [0.1, 0.15) is 28.4 Å². The molecule has 1 N–H and O–H groups in total. The monoisotopic (exact) mass is 260 g/mol. The fourth-order valence-corrected chi connectivity index (χ4v) is 2.16. The molecule has 0 heterocycles. The Morgan fingerprint density at radius 3 is 2.37 bits per heavy atom. The zero-order valence-corrected chi connectivity index (χ0v) is 11.3. The van der Waals surface area contributed by atoms with Gasteiger partial charge in [-0.15, -0.1) is 0 Å². The van der Waals surface area contributed by atoms with Gasteiger partial charge in [0.25, 0.3) is 0 Å². The third-order valence-corrected chi connectivity index (χ3v) is 3.41. The van der Waals surface area contributed by atoms with E-state index in [1.54, 1.807) is 31.4 Å². The van der Waals surface area contributed by atoms with Crippen molar-refractivity contribution in [2.45, 2.75) is 20.0 Å². The molecule has 0 aliphatic rings. The van der Waals surface area contributed by atoms with E-state index in [2.05, 4.69) is 0 Å². The van der Waals surface area contributed by atoms with Crippen LogP contribution in [0.25, 0.3) is 0 Å². The van der Waals surface area contributed by atoms with Crippen molar-refractivity contribution in [3.63, 3.8) is 0 Å². The molecule has 100 valence electrons. The molecule has 0 spiro atoms. The minimum absolute atomic E-state index is 0.254. The quantitative estimate of drug-likeness (QED) is 0.914. The predicted octanol–water partition coefficient (Wildman–Crippen LogP) is 3.53. The van der Waals surface area contributed by atoms with Crippen LogP contribution in [0.3, 0.4) is 0 Å². The molecular formula is C16H17FO2. The molecule has 0 amide bonds. The number of aliphatic hydroxyl groups is 1. The topological polar surface area (TPSA) is 29.5 Å². The van der Waals surface area contributed by atoms with Gasteiger partial charge in [-0.3, -0.25) is 0 Å². The van der Waals surface area contributed by atoms with E-state index >= 15 is 0 Å². The third-order valence-electron chi connectivity index (χ3n) is 3.41. The number of benzene rings is 2. The smallest absolute Gasteiger partial charge is 0.129 e. The maximum atomic E-state index is 13.7. The molecule has 1 unspecified atom stereocenters. The molecule has 0 aliphatic heterocycles. The number of rotatable bonds is 3. The van der Waals surface area contributed by atoms with E-state index in [0.29, 0.717) is 11.3 Å². The van der Waals surface area contributed by atoms with Crippen molar-refractivity contribution in [1.29, 1.82) is 0 Å². The SMILES string of the molecule is COc1c(C(O)c2ccccc2F)ccc(C)c1C. The number of halogens is 1. The van der Waals surface area contributed by atoms with Gasteiger partial charge < -0.3 is 9.84 Å². The van der Waals surface area contributed by atoms with Crippen LogP contribution in [0, 0.1) is 19.7 Å². The summed E-state index contributed by atoms with van der Waals surface area (Å²) in [7, 11) is 1.55. The van der Waals surface area contributed by atoms with Crippen molar-refractivity contribution in [1.82, 2.24) is 0 Å². The van der Waals surface area contributed by atoms with Crippen LogP contribution in [0.4, 0.5) is 4.39 Å². The van der Waals surface area contributed by atoms with Gasteiger partial charge in [0, 0.05) is 11.1 Å². The Labute approximate surface area is 112 Å². The van der Waals surface area contributed by atoms with Crippen molar-refractivity contribution in [3.05, 3.63) is 64.5 Å². The van der Waals surface area contributed by atoms with Crippen molar-refractivity contribution in [2.24, 2.45) is 0 Å². The molecule has 0 aliphatic carbocycles. The first-order valence-corrected chi connectivity index (χ1v) is 6.12. The number of methoxy groups -OCH3 is 1. The lowest BCUT2D eigenvalue weighted by Crippen LogP contribution is -2.06. The molecule has 0 saturated heterocycles.